The number of thioether (sulfide) groups is 1. The summed E-state index contributed by atoms with van der Waals surface area (Å²) in [5.74, 6) is -0.222. The van der Waals surface area contributed by atoms with E-state index in [1.54, 1.807) is 28.8 Å². The Morgan fingerprint density at radius 1 is 1.12 bits per heavy atom. The number of nitrogens with one attached hydrogen (secondary N) is 2. The number of halogens is 1. The van der Waals surface area contributed by atoms with Gasteiger partial charge in [-0.1, -0.05) is 55.4 Å². The summed E-state index contributed by atoms with van der Waals surface area (Å²) in [6.07, 6.45) is 0. The molecule has 3 rings (SSSR count). The number of urea groups is 1. The van der Waals surface area contributed by atoms with Gasteiger partial charge in [0.05, 0.1) is 11.3 Å². The van der Waals surface area contributed by atoms with E-state index < -0.39 is 11.9 Å². The quantitative estimate of drug-likeness (QED) is 0.500. The zero-order chi connectivity index (χ0) is 23.3. The Labute approximate surface area is 190 Å². The zero-order valence-electron chi connectivity index (χ0n) is 18.5. The normalized spacial score (nSPS) is 10.9. The van der Waals surface area contributed by atoms with E-state index in [1.807, 2.05) is 39.8 Å². The second-order valence-corrected chi connectivity index (χ2v) is 8.84. The van der Waals surface area contributed by atoms with Crippen LogP contribution in [0.5, 0.6) is 0 Å². The summed E-state index contributed by atoms with van der Waals surface area (Å²) in [5, 5.41) is 13.8. The van der Waals surface area contributed by atoms with Crippen molar-refractivity contribution in [2.45, 2.75) is 39.4 Å². The summed E-state index contributed by atoms with van der Waals surface area (Å²) in [5.41, 5.74) is 2.98. The van der Waals surface area contributed by atoms with Crippen LogP contribution in [0.25, 0.3) is 11.4 Å². The molecule has 0 fully saturated rings. The molecular formula is C23H26FN5O2S. The van der Waals surface area contributed by atoms with Crippen LogP contribution in [0.15, 0.2) is 47.6 Å². The molecule has 0 saturated carbocycles. The topological polar surface area (TPSA) is 88.9 Å². The third-order valence-corrected chi connectivity index (χ3v) is 5.56. The zero-order valence-corrected chi connectivity index (χ0v) is 19.3. The SMILES string of the molecule is Cc1ccc(NC(=O)NC(=O)CSc2nnc(-c3ccccc3F)n2CC(C)C)c(C)c1. The van der Waals surface area contributed by atoms with Gasteiger partial charge >= 0.3 is 6.03 Å². The fourth-order valence-electron chi connectivity index (χ4n) is 3.17. The van der Waals surface area contributed by atoms with Gasteiger partial charge in [-0.15, -0.1) is 10.2 Å². The summed E-state index contributed by atoms with van der Waals surface area (Å²) >= 11 is 1.15. The van der Waals surface area contributed by atoms with Crippen LogP contribution >= 0.6 is 11.8 Å². The van der Waals surface area contributed by atoms with Gasteiger partial charge in [0.25, 0.3) is 0 Å². The fraction of sp³-hybridized carbons (Fsp3) is 0.304. The minimum Gasteiger partial charge on any atom is -0.307 e. The highest BCUT2D eigenvalue weighted by Gasteiger charge is 2.19. The Kier molecular flexibility index (Phi) is 7.63. The number of benzene rings is 2. The molecule has 168 valence electrons. The van der Waals surface area contributed by atoms with Crippen molar-refractivity contribution in [1.29, 1.82) is 0 Å². The van der Waals surface area contributed by atoms with Crippen molar-refractivity contribution in [3.63, 3.8) is 0 Å². The minimum atomic E-state index is -0.599. The first-order chi connectivity index (χ1) is 15.2. The number of anilines is 1. The maximum Gasteiger partial charge on any atom is 0.325 e. The Morgan fingerprint density at radius 2 is 1.88 bits per heavy atom. The van der Waals surface area contributed by atoms with Gasteiger partial charge in [-0.05, 0) is 43.5 Å². The van der Waals surface area contributed by atoms with E-state index in [0.29, 0.717) is 28.8 Å². The van der Waals surface area contributed by atoms with Crippen LogP contribution in [0.1, 0.15) is 25.0 Å². The van der Waals surface area contributed by atoms with Crippen molar-refractivity contribution in [2.75, 3.05) is 11.1 Å². The number of carbonyl (C=O) groups excluding carboxylic acids is 2. The number of hydrogen-bond acceptors (Lipinski definition) is 5. The third-order valence-electron chi connectivity index (χ3n) is 4.59. The van der Waals surface area contributed by atoms with Gasteiger partial charge in [-0.3, -0.25) is 10.1 Å². The summed E-state index contributed by atoms with van der Waals surface area (Å²) in [7, 11) is 0. The Morgan fingerprint density at radius 3 is 2.56 bits per heavy atom. The first-order valence-electron chi connectivity index (χ1n) is 10.2. The Bertz CT molecular complexity index is 1130. The predicted molar refractivity (Wildman–Crippen MR) is 124 cm³/mol. The third kappa shape index (κ3) is 5.94. The second kappa shape index (κ2) is 10.4. The molecule has 1 heterocycles. The smallest absolute Gasteiger partial charge is 0.307 e. The van der Waals surface area contributed by atoms with Crippen LogP contribution in [-0.4, -0.2) is 32.5 Å². The van der Waals surface area contributed by atoms with E-state index >= 15 is 0 Å². The Balaban J connectivity index is 1.66. The van der Waals surface area contributed by atoms with Crippen LogP contribution in [0.2, 0.25) is 0 Å². The first-order valence-corrected chi connectivity index (χ1v) is 11.2. The molecule has 2 aromatic carbocycles. The molecule has 7 nitrogen and oxygen atoms in total. The lowest BCUT2D eigenvalue weighted by molar-refractivity contribution is -0.117. The molecule has 2 N–H and O–H groups in total. The van der Waals surface area contributed by atoms with E-state index in [2.05, 4.69) is 20.8 Å². The van der Waals surface area contributed by atoms with Gasteiger partial charge < -0.3 is 9.88 Å². The van der Waals surface area contributed by atoms with E-state index in [1.165, 1.54) is 6.07 Å². The van der Waals surface area contributed by atoms with Gasteiger partial charge in [0.15, 0.2) is 11.0 Å². The standard InChI is InChI=1S/C23H26FN5O2S/c1-14(2)12-29-21(17-7-5-6-8-18(17)24)27-28-23(29)32-13-20(30)26-22(31)25-19-10-9-15(3)11-16(19)4/h5-11,14H,12-13H2,1-4H3,(H2,25,26,30,31). The van der Waals surface area contributed by atoms with E-state index in [0.717, 1.165) is 22.9 Å². The van der Waals surface area contributed by atoms with Gasteiger partial charge in [-0.25, -0.2) is 9.18 Å². The largest absolute Gasteiger partial charge is 0.325 e. The molecule has 3 aromatic rings. The van der Waals surface area contributed by atoms with Crippen molar-refractivity contribution >= 4 is 29.4 Å². The van der Waals surface area contributed by atoms with Crippen LogP contribution in [0, 0.1) is 25.6 Å². The summed E-state index contributed by atoms with van der Waals surface area (Å²) in [6, 6.07) is 11.4. The fourth-order valence-corrected chi connectivity index (χ4v) is 3.91. The first kappa shape index (κ1) is 23.5. The molecule has 0 aliphatic rings. The maximum absolute atomic E-state index is 14.3. The van der Waals surface area contributed by atoms with Crippen molar-refractivity contribution in [3.8, 4) is 11.4 Å². The van der Waals surface area contributed by atoms with Crippen molar-refractivity contribution in [3.05, 3.63) is 59.4 Å². The molecule has 32 heavy (non-hydrogen) atoms. The Hall–Kier alpha value is -3.20. The van der Waals surface area contributed by atoms with Crippen molar-refractivity contribution < 1.29 is 14.0 Å². The number of carbonyl (C=O) groups is 2. The van der Waals surface area contributed by atoms with Crippen LogP contribution in [0.4, 0.5) is 14.9 Å². The van der Waals surface area contributed by atoms with Gasteiger partial charge in [0.1, 0.15) is 5.82 Å². The maximum atomic E-state index is 14.3. The van der Waals surface area contributed by atoms with Gasteiger partial charge in [0.2, 0.25) is 5.91 Å². The molecule has 0 unspecified atom stereocenters. The molecular weight excluding hydrogens is 429 g/mol. The van der Waals surface area contributed by atoms with Crippen molar-refractivity contribution in [2.24, 2.45) is 5.92 Å². The molecule has 0 atom stereocenters. The number of imide groups is 1. The lowest BCUT2D eigenvalue weighted by atomic mass is 10.1. The van der Waals surface area contributed by atoms with E-state index in [-0.39, 0.29) is 17.5 Å². The molecule has 0 saturated heterocycles. The highest BCUT2D eigenvalue weighted by atomic mass is 32.2. The highest BCUT2D eigenvalue weighted by Crippen LogP contribution is 2.27. The van der Waals surface area contributed by atoms with E-state index in [4.69, 9.17) is 0 Å². The number of aromatic nitrogens is 3. The molecule has 3 amide bonds. The molecule has 9 heteroatoms. The lowest BCUT2D eigenvalue weighted by Crippen LogP contribution is -2.35. The number of hydrogen-bond donors (Lipinski definition) is 2. The van der Waals surface area contributed by atoms with E-state index in [9.17, 15) is 14.0 Å². The molecule has 0 radical (unpaired) electrons. The molecule has 0 bridgehead atoms. The van der Waals surface area contributed by atoms with Crippen LogP contribution in [-0.2, 0) is 11.3 Å². The summed E-state index contributed by atoms with van der Waals surface area (Å²) in [6.45, 7) is 8.48. The highest BCUT2D eigenvalue weighted by molar-refractivity contribution is 7.99. The lowest BCUT2D eigenvalue weighted by Gasteiger charge is -2.13. The second-order valence-electron chi connectivity index (χ2n) is 7.90. The van der Waals surface area contributed by atoms with Gasteiger partial charge in [0, 0.05) is 12.2 Å². The van der Waals surface area contributed by atoms with Crippen LogP contribution in [0.3, 0.4) is 0 Å². The number of nitrogens with zero attached hydrogens (tertiary/aromatic N) is 3. The van der Waals surface area contributed by atoms with Crippen molar-refractivity contribution in [1.82, 2.24) is 20.1 Å². The average molecular weight is 456 g/mol. The summed E-state index contributed by atoms with van der Waals surface area (Å²) < 4.78 is 16.1. The van der Waals surface area contributed by atoms with Gasteiger partial charge in [-0.2, -0.15) is 0 Å². The number of rotatable bonds is 7. The monoisotopic (exact) mass is 455 g/mol. The number of aryl methyl sites for hydroxylation is 2. The molecule has 1 aromatic heterocycles. The average Bonchev–Trinajstić information content (AvgIpc) is 3.10. The molecule has 0 aliphatic heterocycles. The van der Waals surface area contributed by atoms with Crippen LogP contribution < -0.4 is 10.6 Å². The molecule has 0 aliphatic carbocycles. The molecule has 0 spiro atoms. The number of amides is 3. The minimum absolute atomic E-state index is 0.0339. The summed E-state index contributed by atoms with van der Waals surface area (Å²) in [4.78, 5) is 24.5. The predicted octanol–water partition coefficient (Wildman–Crippen LogP) is 4.80.